The van der Waals surface area contributed by atoms with Crippen LogP contribution in [0.15, 0.2) is 41.5 Å². The number of benzene rings is 1. The number of carbonyl (C=O) groups is 1. The molecule has 0 bridgehead atoms. The minimum absolute atomic E-state index is 0. The zero-order valence-corrected chi connectivity index (χ0v) is 20.3. The van der Waals surface area contributed by atoms with Crippen molar-refractivity contribution in [1.29, 1.82) is 0 Å². The number of aliphatic imine (C=N–C) groups is 1. The third kappa shape index (κ3) is 8.04. The summed E-state index contributed by atoms with van der Waals surface area (Å²) in [5.41, 5.74) is 3.46. The third-order valence-electron chi connectivity index (χ3n) is 4.45. The number of carbonyl (C=O) groups excluding carboxylic acids is 1. The largest absolute Gasteiger partial charge is 0.354 e. The van der Waals surface area contributed by atoms with Crippen LogP contribution in [0.5, 0.6) is 0 Å². The highest BCUT2D eigenvalue weighted by Gasteiger charge is 2.15. The standard InChI is InChI=1S/C21H32N6O.HI/c1-16(2)20-18(15-27(5)25-20)14-26(4)21(22-3)24-13-19(28)23-12-11-17-9-7-6-8-10-17;/h6-10,15-16H,11-14H2,1-5H3,(H,22,24)(H,23,28);1H. The van der Waals surface area contributed by atoms with E-state index in [2.05, 4.69) is 46.7 Å². The lowest BCUT2D eigenvalue weighted by Crippen LogP contribution is -2.44. The molecule has 0 atom stereocenters. The Balaban J connectivity index is 0.00000420. The van der Waals surface area contributed by atoms with Gasteiger partial charge in [0.05, 0.1) is 12.2 Å². The number of rotatable bonds is 8. The fourth-order valence-corrected chi connectivity index (χ4v) is 3.09. The van der Waals surface area contributed by atoms with E-state index in [1.54, 1.807) is 7.05 Å². The van der Waals surface area contributed by atoms with Crippen LogP contribution in [0.3, 0.4) is 0 Å². The fourth-order valence-electron chi connectivity index (χ4n) is 3.09. The van der Waals surface area contributed by atoms with Gasteiger partial charge in [-0.1, -0.05) is 44.2 Å². The molecule has 8 heteroatoms. The Morgan fingerprint density at radius 1 is 1.24 bits per heavy atom. The first kappa shape index (κ1) is 24.9. The zero-order valence-electron chi connectivity index (χ0n) is 18.0. The van der Waals surface area contributed by atoms with E-state index < -0.39 is 0 Å². The van der Waals surface area contributed by atoms with Crippen molar-refractivity contribution in [3.63, 3.8) is 0 Å². The number of nitrogens with one attached hydrogen (secondary N) is 2. The normalized spacial score (nSPS) is 11.2. The van der Waals surface area contributed by atoms with Crippen molar-refractivity contribution >= 4 is 35.8 Å². The summed E-state index contributed by atoms with van der Waals surface area (Å²) in [6.45, 7) is 5.76. The average molecular weight is 512 g/mol. The van der Waals surface area contributed by atoms with Gasteiger partial charge < -0.3 is 15.5 Å². The zero-order chi connectivity index (χ0) is 20.5. The summed E-state index contributed by atoms with van der Waals surface area (Å²) in [5, 5.41) is 10.6. The van der Waals surface area contributed by atoms with Gasteiger partial charge in [0.15, 0.2) is 5.96 Å². The SMILES string of the molecule is CN=C(NCC(=O)NCCc1ccccc1)N(C)Cc1cn(C)nc1C(C)C.I. The van der Waals surface area contributed by atoms with Gasteiger partial charge in [0.1, 0.15) is 0 Å². The first-order valence-corrected chi connectivity index (χ1v) is 9.65. The lowest BCUT2D eigenvalue weighted by atomic mass is 10.1. The van der Waals surface area contributed by atoms with Crippen LogP contribution in [0.25, 0.3) is 0 Å². The lowest BCUT2D eigenvalue weighted by Gasteiger charge is -2.22. The van der Waals surface area contributed by atoms with Crippen LogP contribution in [0, 0.1) is 0 Å². The summed E-state index contributed by atoms with van der Waals surface area (Å²) >= 11 is 0. The number of hydrogen-bond donors (Lipinski definition) is 2. The molecule has 0 saturated carbocycles. The third-order valence-corrected chi connectivity index (χ3v) is 4.45. The molecule has 0 fully saturated rings. The second-order valence-corrected chi connectivity index (χ2v) is 7.21. The molecule has 160 valence electrons. The second-order valence-electron chi connectivity index (χ2n) is 7.21. The van der Waals surface area contributed by atoms with Crippen molar-refractivity contribution in [3.05, 3.63) is 53.3 Å². The molecule has 0 saturated heterocycles. The summed E-state index contributed by atoms with van der Waals surface area (Å²) in [6, 6.07) is 10.1. The summed E-state index contributed by atoms with van der Waals surface area (Å²) in [4.78, 5) is 18.4. The molecule has 0 aliphatic rings. The molecule has 29 heavy (non-hydrogen) atoms. The van der Waals surface area contributed by atoms with E-state index in [0.29, 0.717) is 25.0 Å². The number of halogens is 1. The Hall–Kier alpha value is -2.10. The molecule has 0 aliphatic carbocycles. The summed E-state index contributed by atoms with van der Waals surface area (Å²) in [7, 11) is 5.61. The van der Waals surface area contributed by atoms with Gasteiger partial charge in [-0.15, -0.1) is 24.0 Å². The van der Waals surface area contributed by atoms with Gasteiger partial charge >= 0.3 is 0 Å². The van der Waals surface area contributed by atoms with Crippen LogP contribution in [0.1, 0.15) is 36.6 Å². The molecule has 2 rings (SSSR count). The van der Waals surface area contributed by atoms with Crippen molar-refractivity contribution in [2.75, 3.05) is 27.2 Å². The van der Waals surface area contributed by atoms with Crippen molar-refractivity contribution in [3.8, 4) is 0 Å². The van der Waals surface area contributed by atoms with Gasteiger partial charge in [-0.3, -0.25) is 14.5 Å². The van der Waals surface area contributed by atoms with E-state index in [0.717, 1.165) is 17.7 Å². The van der Waals surface area contributed by atoms with Crippen LogP contribution >= 0.6 is 24.0 Å². The molecular formula is C21H33IN6O. The van der Waals surface area contributed by atoms with Gasteiger partial charge in [-0.2, -0.15) is 5.10 Å². The smallest absolute Gasteiger partial charge is 0.239 e. The highest BCUT2D eigenvalue weighted by Crippen LogP contribution is 2.18. The maximum Gasteiger partial charge on any atom is 0.239 e. The van der Waals surface area contributed by atoms with Crippen LogP contribution in [0.4, 0.5) is 0 Å². The van der Waals surface area contributed by atoms with Gasteiger partial charge in [-0.05, 0) is 17.9 Å². The predicted octanol–water partition coefficient (Wildman–Crippen LogP) is 2.53. The molecule has 1 heterocycles. The minimum Gasteiger partial charge on any atom is -0.354 e. The molecule has 2 N–H and O–H groups in total. The van der Waals surface area contributed by atoms with E-state index in [-0.39, 0.29) is 36.4 Å². The Bertz CT molecular complexity index is 788. The molecule has 0 unspecified atom stereocenters. The van der Waals surface area contributed by atoms with Gasteiger partial charge in [0.25, 0.3) is 0 Å². The Kier molecular flexibility index (Phi) is 10.7. The van der Waals surface area contributed by atoms with Crippen molar-refractivity contribution < 1.29 is 4.79 Å². The molecule has 1 aromatic carbocycles. The fraction of sp³-hybridized carbons (Fsp3) is 0.476. The highest BCUT2D eigenvalue weighted by atomic mass is 127. The summed E-state index contributed by atoms with van der Waals surface area (Å²) in [6.07, 6.45) is 2.86. The molecule has 7 nitrogen and oxygen atoms in total. The molecule has 0 radical (unpaired) electrons. The van der Waals surface area contributed by atoms with Crippen molar-refractivity contribution in [1.82, 2.24) is 25.3 Å². The van der Waals surface area contributed by atoms with Crippen molar-refractivity contribution in [2.24, 2.45) is 12.0 Å². The predicted molar refractivity (Wildman–Crippen MR) is 129 cm³/mol. The number of hydrogen-bond acceptors (Lipinski definition) is 3. The van der Waals surface area contributed by atoms with E-state index in [1.807, 2.05) is 48.1 Å². The topological polar surface area (TPSA) is 74.6 Å². The minimum atomic E-state index is -0.0465. The lowest BCUT2D eigenvalue weighted by molar-refractivity contribution is -0.120. The van der Waals surface area contributed by atoms with Gasteiger partial charge in [-0.25, -0.2) is 0 Å². The highest BCUT2D eigenvalue weighted by molar-refractivity contribution is 14.0. The number of amides is 1. The van der Waals surface area contributed by atoms with Crippen LogP contribution in [-0.4, -0.2) is 53.7 Å². The molecule has 1 amide bonds. The van der Waals surface area contributed by atoms with Crippen molar-refractivity contribution in [2.45, 2.75) is 32.7 Å². The second kappa shape index (κ2) is 12.5. The average Bonchev–Trinajstić information content (AvgIpc) is 3.03. The Morgan fingerprint density at radius 2 is 1.93 bits per heavy atom. The van der Waals surface area contributed by atoms with E-state index in [9.17, 15) is 4.79 Å². The van der Waals surface area contributed by atoms with E-state index in [4.69, 9.17) is 0 Å². The molecule has 2 aromatic rings. The summed E-state index contributed by atoms with van der Waals surface area (Å²) in [5.74, 6) is 0.987. The maximum atomic E-state index is 12.1. The van der Waals surface area contributed by atoms with E-state index in [1.165, 1.54) is 5.56 Å². The molecule has 0 aliphatic heterocycles. The van der Waals surface area contributed by atoms with Crippen LogP contribution in [-0.2, 0) is 24.8 Å². The number of nitrogens with zero attached hydrogens (tertiary/aromatic N) is 4. The number of aryl methyl sites for hydroxylation is 1. The van der Waals surface area contributed by atoms with E-state index >= 15 is 0 Å². The number of aromatic nitrogens is 2. The molecular weight excluding hydrogens is 479 g/mol. The first-order chi connectivity index (χ1) is 13.4. The van der Waals surface area contributed by atoms with Crippen LogP contribution in [0.2, 0.25) is 0 Å². The number of guanidine groups is 1. The maximum absolute atomic E-state index is 12.1. The summed E-state index contributed by atoms with van der Waals surface area (Å²) < 4.78 is 1.84. The molecule has 0 spiro atoms. The quantitative estimate of drug-likeness (QED) is 0.324. The molecule has 1 aromatic heterocycles. The van der Waals surface area contributed by atoms with Crippen LogP contribution < -0.4 is 10.6 Å². The Morgan fingerprint density at radius 3 is 2.55 bits per heavy atom. The Labute approximate surface area is 191 Å². The monoisotopic (exact) mass is 512 g/mol. The van der Waals surface area contributed by atoms with Gasteiger partial charge in [0.2, 0.25) is 5.91 Å². The first-order valence-electron chi connectivity index (χ1n) is 9.65. The van der Waals surface area contributed by atoms with Gasteiger partial charge in [0, 0.05) is 46.0 Å².